The highest BCUT2D eigenvalue weighted by Crippen LogP contribution is 2.35. The minimum absolute atomic E-state index is 0.165. The van der Waals surface area contributed by atoms with Gasteiger partial charge >= 0.3 is 19.8 Å². The first kappa shape index (κ1) is 45.0. The lowest BCUT2D eigenvalue weighted by molar-refractivity contribution is -0.161. The lowest BCUT2D eigenvalue weighted by Gasteiger charge is -2.18. The highest BCUT2D eigenvalue weighted by molar-refractivity contribution is 7.46. The van der Waals surface area contributed by atoms with Crippen LogP contribution in [-0.4, -0.2) is 41.0 Å². The van der Waals surface area contributed by atoms with Crippen molar-refractivity contribution in [1.29, 1.82) is 0 Å². The average Bonchev–Trinajstić information content (AvgIpc) is 3.03. The molecule has 0 saturated carbocycles. The van der Waals surface area contributed by atoms with Crippen LogP contribution in [0.5, 0.6) is 0 Å². The summed E-state index contributed by atoms with van der Waals surface area (Å²) in [5, 5.41) is 0. The average molecular weight is 683 g/mol. The number of carbonyl (C=O) groups excluding carboxylic acids is 2. The predicted octanol–water partition coefficient (Wildman–Crippen LogP) is 10.8. The molecule has 0 aromatic carbocycles. The second-order valence-corrected chi connectivity index (χ2v) is 13.4. The van der Waals surface area contributed by atoms with Crippen LogP contribution in [0.4, 0.5) is 0 Å². The highest BCUT2D eigenvalue weighted by Gasteiger charge is 2.22. The van der Waals surface area contributed by atoms with Crippen LogP contribution in [0.1, 0.15) is 162 Å². The van der Waals surface area contributed by atoms with E-state index in [1.54, 1.807) is 0 Å². The maximum absolute atomic E-state index is 12.3. The predicted molar refractivity (Wildman–Crippen MR) is 193 cm³/mol. The number of hydrogen-bond acceptors (Lipinski definition) is 6. The molecule has 0 aliphatic carbocycles. The maximum Gasteiger partial charge on any atom is 0.469 e. The molecule has 0 aromatic rings. The molecule has 0 saturated heterocycles. The van der Waals surface area contributed by atoms with E-state index in [-0.39, 0.29) is 19.4 Å². The van der Waals surface area contributed by atoms with Crippen molar-refractivity contribution >= 4 is 19.8 Å². The summed E-state index contributed by atoms with van der Waals surface area (Å²) in [7, 11) is -4.76. The summed E-state index contributed by atoms with van der Waals surface area (Å²) in [5.74, 6) is -0.943. The van der Waals surface area contributed by atoms with Crippen LogP contribution in [0.15, 0.2) is 48.6 Å². The van der Waals surface area contributed by atoms with Gasteiger partial charge in [-0.15, -0.1) is 0 Å². The molecule has 1 atom stereocenters. The van der Waals surface area contributed by atoms with E-state index >= 15 is 0 Å². The molecule has 8 nitrogen and oxygen atoms in total. The van der Waals surface area contributed by atoms with Crippen LogP contribution in [0.25, 0.3) is 0 Å². The number of ether oxygens (including phenoxy) is 2. The number of esters is 2. The zero-order valence-corrected chi connectivity index (χ0v) is 30.6. The minimum atomic E-state index is -4.76. The molecule has 0 aromatic heterocycles. The van der Waals surface area contributed by atoms with Gasteiger partial charge < -0.3 is 19.3 Å². The van der Waals surface area contributed by atoms with E-state index in [1.807, 2.05) is 0 Å². The van der Waals surface area contributed by atoms with Crippen molar-refractivity contribution < 1.29 is 37.9 Å². The third kappa shape index (κ3) is 36.7. The number of allylic oxidation sites excluding steroid dienone is 8. The number of carbonyl (C=O) groups is 2. The molecule has 0 spiro atoms. The van der Waals surface area contributed by atoms with Crippen molar-refractivity contribution in [3.05, 3.63) is 48.6 Å². The van der Waals surface area contributed by atoms with Gasteiger partial charge in [-0.05, 0) is 70.6 Å². The molecule has 0 aliphatic heterocycles. The molecule has 47 heavy (non-hydrogen) atoms. The Morgan fingerprint density at radius 1 is 0.553 bits per heavy atom. The second-order valence-electron chi connectivity index (χ2n) is 12.2. The monoisotopic (exact) mass is 682 g/mol. The summed E-state index contributed by atoms with van der Waals surface area (Å²) >= 11 is 0. The Bertz CT molecular complexity index is 905. The van der Waals surface area contributed by atoms with Gasteiger partial charge in [0.2, 0.25) is 0 Å². The van der Waals surface area contributed by atoms with E-state index in [9.17, 15) is 14.2 Å². The second kappa shape index (κ2) is 33.9. The van der Waals surface area contributed by atoms with E-state index in [1.165, 1.54) is 51.4 Å². The van der Waals surface area contributed by atoms with Crippen LogP contribution in [-0.2, 0) is 28.2 Å². The molecule has 9 heteroatoms. The Morgan fingerprint density at radius 3 is 1.51 bits per heavy atom. The Kier molecular flexibility index (Phi) is 32.5. The third-order valence-electron chi connectivity index (χ3n) is 7.57. The van der Waals surface area contributed by atoms with Crippen molar-refractivity contribution in [3.63, 3.8) is 0 Å². The molecule has 272 valence electrons. The van der Waals surface area contributed by atoms with Crippen LogP contribution >= 0.6 is 7.82 Å². The summed E-state index contributed by atoms with van der Waals surface area (Å²) in [6.45, 7) is 3.58. The van der Waals surface area contributed by atoms with E-state index in [4.69, 9.17) is 19.3 Å². The summed E-state index contributed by atoms with van der Waals surface area (Å²) in [6, 6.07) is 0. The number of rotatable bonds is 33. The van der Waals surface area contributed by atoms with Crippen molar-refractivity contribution in [2.45, 2.75) is 168 Å². The summed E-state index contributed by atoms with van der Waals surface area (Å²) in [5.41, 5.74) is 0. The molecule has 0 bridgehead atoms. The summed E-state index contributed by atoms with van der Waals surface area (Å²) < 4.78 is 26.2. The Hall–Kier alpha value is -1.99. The molecule has 0 fully saturated rings. The molecule has 2 N–H and O–H groups in total. The molecule has 0 heterocycles. The van der Waals surface area contributed by atoms with Crippen molar-refractivity contribution in [1.82, 2.24) is 0 Å². The van der Waals surface area contributed by atoms with Gasteiger partial charge in [0.1, 0.15) is 6.61 Å². The van der Waals surface area contributed by atoms with E-state index in [2.05, 4.69) is 67.0 Å². The Morgan fingerprint density at radius 2 is 0.979 bits per heavy atom. The van der Waals surface area contributed by atoms with E-state index in [0.29, 0.717) is 12.8 Å². The largest absolute Gasteiger partial charge is 0.469 e. The first-order valence-corrected chi connectivity index (χ1v) is 20.0. The third-order valence-corrected chi connectivity index (χ3v) is 8.06. The number of phosphoric acid groups is 1. The number of hydrogen-bond donors (Lipinski definition) is 2. The first-order chi connectivity index (χ1) is 22.8. The summed E-state index contributed by atoms with van der Waals surface area (Å²) in [6.07, 6.45) is 39.7. The zero-order chi connectivity index (χ0) is 34.7. The Labute approximate surface area is 286 Å². The van der Waals surface area contributed by atoms with Gasteiger partial charge in [-0.3, -0.25) is 14.1 Å². The first-order valence-electron chi connectivity index (χ1n) is 18.4. The fraction of sp³-hybridized carbons (Fsp3) is 0.737. The van der Waals surface area contributed by atoms with Crippen molar-refractivity contribution in [3.8, 4) is 0 Å². The van der Waals surface area contributed by atoms with Gasteiger partial charge in [0.05, 0.1) is 6.61 Å². The quantitative estimate of drug-likeness (QED) is 0.0304. The molecule has 0 amide bonds. The molecule has 0 aliphatic rings. The van der Waals surface area contributed by atoms with Gasteiger partial charge in [0.15, 0.2) is 6.10 Å². The number of phosphoric ester groups is 1. The van der Waals surface area contributed by atoms with Gasteiger partial charge in [-0.2, -0.15) is 0 Å². The fourth-order valence-corrected chi connectivity index (χ4v) is 5.13. The van der Waals surface area contributed by atoms with E-state index < -0.39 is 32.5 Å². The Balaban J connectivity index is 4.07. The standard InChI is InChI=1S/C38H67O8P/c1-3-5-7-9-11-13-15-17-19-21-23-25-27-29-31-33-38(40)46-36(35-45-47(41,42)43)34-44-37(39)32-30-28-26-24-22-20-18-16-14-12-10-8-6-4-2/h10,12,16-19,23,25,36H,3-9,11,13-15,20-22,24,26-35H2,1-2H3,(H2,41,42,43)/b12-10+,18-16+,19-17+,25-23+/t36-/m1/s1. The fourth-order valence-electron chi connectivity index (χ4n) is 4.77. The SMILES string of the molecule is CCCC/C=C/C/C=C/CCCCCCCC(=O)OC[C@H](COP(=O)(O)O)OC(=O)CCCC/C=C/C/C=C/CCCCCCCC. The lowest BCUT2D eigenvalue weighted by atomic mass is 10.1. The van der Waals surface area contributed by atoms with Crippen LogP contribution < -0.4 is 0 Å². The van der Waals surface area contributed by atoms with Gasteiger partial charge in [-0.25, -0.2) is 4.57 Å². The van der Waals surface area contributed by atoms with Crippen molar-refractivity contribution in [2.24, 2.45) is 0 Å². The van der Waals surface area contributed by atoms with Gasteiger partial charge in [-0.1, -0.05) is 127 Å². The molecular formula is C38H67O8P. The molecule has 0 radical (unpaired) electrons. The molecule has 0 unspecified atom stereocenters. The summed E-state index contributed by atoms with van der Waals surface area (Å²) in [4.78, 5) is 42.6. The van der Waals surface area contributed by atoms with Crippen LogP contribution in [0, 0.1) is 0 Å². The van der Waals surface area contributed by atoms with Crippen LogP contribution in [0.3, 0.4) is 0 Å². The normalized spacial score (nSPS) is 13.0. The van der Waals surface area contributed by atoms with Gasteiger partial charge in [0, 0.05) is 12.8 Å². The smallest absolute Gasteiger partial charge is 0.462 e. The van der Waals surface area contributed by atoms with Gasteiger partial charge in [0.25, 0.3) is 0 Å². The van der Waals surface area contributed by atoms with Crippen LogP contribution in [0.2, 0.25) is 0 Å². The topological polar surface area (TPSA) is 119 Å². The lowest BCUT2D eigenvalue weighted by Crippen LogP contribution is -2.29. The molecular weight excluding hydrogens is 615 g/mol. The van der Waals surface area contributed by atoms with E-state index in [0.717, 1.165) is 70.6 Å². The zero-order valence-electron chi connectivity index (χ0n) is 29.7. The molecule has 0 rings (SSSR count). The van der Waals surface area contributed by atoms with Crippen molar-refractivity contribution in [2.75, 3.05) is 13.2 Å². The maximum atomic E-state index is 12.3. The number of unbranched alkanes of at least 4 members (excludes halogenated alkanes) is 15. The highest BCUT2D eigenvalue weighted by atomic mass is 31.2. The minimum Gasteiger partial charge on any atom is -0.462 e.